The summed E-state index contributed by atoms with van der Waals surface area (Å²) in [7, 11) is 0. The van der Waals surface area contributed by atoms with Gasteiger partial charge in [0, 0.05) is 36.1 Å². The van der Waals surface area contributed by atoms with Gasteiger partial charge < -0.3 is 10.1 Å². The number of hydrogen-bond acceptors (Lipinski definition) is 5. The van der Waals surface area contributed by atoms with Crippen molar-refractivity contribution in [3.63, 3.8) is 0 Å². The lowest BCUT2D eigenvalue weighted by Crippen LogP contribution is -2.43. The molecule has 0 spiro atoms. The number of thiophene rings is 1. The third-order valence-corrected chi connectivity index (χ3v) is 5.64. The summed E-state index contributed by atoms with van der Waals surface area (Å²) in [5.74, 6) is 0.472. The monoisotopic (exact) mass is 346 g/mol. The molecule has 3 heterocycles. The van der Waals surface area contributed by atoms with E-state index in [0.29, 0.717) is 18.2 Å². The topological polar surface area (TPSA) is 70.2 Å². The van der Waals surface area contributed by atoms with Crippen LogP contribution in [0.2, 0.25) is 0 Å². The van der Waals surface area contributed by atoms with Crippen molar-refractivity contribution in [2.45, 2.75) is 24.8 Å². The van der Waals surface area contributed by atoms with E-state index in [-0.39, 0.29) is 11.9 Å². The fourth-order valence-electron chi connectivity index (χ4n) is 3.12. The maximum absolute atomic E-state index is 12.4. The summed E-state index contributed by atoms with van der Waals surface area (Å²) in [5, 5.41) is 12.3. The molecule has 0 radical (unpaired) electrons. The average molecular weight is 346 g/mol. The van der Waals surface area contributed by atoms with Crippen molar-refractivity contribution >= 4 is 17.2 Å². The van der Waals surface area contributed by atoms with Gasteiger partial charge in [-0.1, -0.05) is 6.07 Å². The number of nitrogens with one attached hydrogen (secondary N) is 2. The zero-order chi connectivity index (χ0) is 16.4. The Kier molecular flexibility index (Phi) is 4.64. The maximum Gasteiger partial charge on any atom is 0.271 e. The normalized spacial score (nSPS) is 20.0. The molecule has 2 aliphatic rings. The molecule has 1 saturated heterocycles. The van der Waals surface area contributed by atoms with Gasteiger partial charge in [-0.25, -0.2) is 0 Å². The fraction of sp³-hybridized carbons (Fsp3) is 0.529. The number of aromatic amines is 1. The third kappa shape index (κ3) is 3.53. The zero-order valence-corrected chi connectivity index (χ0v) is 14.3. The van der Waals surface area contributed by atoms with Crippen molar-refractivity contribution in [1.82, 2.24) is 20.4 Å². The predicted octanol–water partition coefficient (Wildman–Crippen LogP) is 2.15. The Morgan fingerprint density at radius 3 is 3.00 bits per heavy atom. The lowest BCUT2D eigenvalue weighted by atomic mass is 10.2. The zero-order valence-electron chi connectivity index (χ0n) is 13.5. The molecule has 1 atom stereocenters. The number of morpholine rings is 1. The molecule has 0 bridgehead atoms. The molecule has 2 N–H and O–H groups in total. The van der Waals surface area contributed by atoms with Crippen LogP contribution in [0.5, 0.6) is 0 Å². The van der Waals surface area contributed by atoms with E-state index in [4.69, 9.17) is 4.74 Å². The van der Waals surface area contributed by atoms with Gasteiger partial charge >= 0.3 is 0 Å². The number of hydrogen-bond donors (Lipinski definition) is 2. The number of amides is 1. The quantitative estimate of drug-likeness (QED) is 0.841. The first kappa shape index (κ1) is 15.8. The first-order valence-electron chi connectivity index (χ1n) is 8.50. The Morgan fingerprint density at radius 1 is 1.46 bits per heavy atom. The molecule has 6 nitrogen and oxygen atoms in total. The van der Waals surface area contributed by atoms with E-state index in [1.54, 1.807) is 11.3 Å². The number of ether oxygens (including phenoxy) is 1. The molecule has 1 unspecified atom stereocenters. The van der Waals surface area contributed by atoms with E-state index < -0.39 is 0 Å². The second kappa shape index (κ2) is 7.04. The van der Waals surface area contributed by atoms with Crippen LogP contribution in [-0.4, -0.2) is 53.9 Å². The number of carbonyl (C=O) groups excluding carboxylic acids is 1. The summed E-state index contributed by atoms with van der Waals surface area (Å²) in [4.78, 5) is 16.1. The molecule has 128 valence electrons. The molecule has 2 aromatic rings. The van der Waals surface area contributed by atoms with Gasteiger partial charge in [-0.05, 0) is 30.4 Å². The molecule has 4 rings (SSSR count). The Labute approximate surface area is 145 Å². The predicted molar refractivity (Wildman–Crippen MR) is 92.3 cm³/mol. The van der Waals surface area contributed by atoms with Gasteiger partial charge in [-0.15, -0.1) is 11.3 Å². The lowest BCUT2D eigenvalue weighted by molar-refractivity contribution is 0.0169. The van der Waals surface area contributed by atoms with Crippen LogP contribution in [0.4, 0.5) is 0 Å². The summed E-state index contributed by atoms with van der Waals surface area (Å²) in [5.41, 5.74) is 1.58. The Balaban J connectivity index is 1.41. The van der Waals surface area contributed by atoms with Crippen molar-refractivity contribution in [1.29, 1.82) is 0 Å². The van der Waals surface area contributed by atoms with Crippen LogP contribution >= 0.6 is 11.3 Å². The van der Waals surface area contributed by atoms with Crippen molar-refractivity contribution in [3.05, 3.63) is 39.8 Å². The molecule has 1 aliphatic heterocycles. The van der Waals surface area contributed by atoms with Crippen LogP contribution in [0, 0.1) is 0 Å². The van der Waals surface area contributed by atoms with Gasteiger partial charge in [-0.2, -0.15) is 5.10 Å². The second-order valence-corrected chi connectivity index (χ2v) is 7.35. The Hall–Kier alpha value is -1.70. The average Bonchev–Trinajstić information content (AvgIpc) is 3.12. The minimum Gasteiger partial charge on any atom is -0.379 e. The standard InChI is InChI=1S/C17H22N4O2S/c22-17(14-10-13(19-20-14)12-3-4-12)18-11-15(16-2-1-9-24-16)21-5-7-23-8-6-21/h1-2,9-10,12,15H,3-8,11H2,(H,18,22)(H,19,20). The number of H-pyrrole nitrogens is 1. The smallest absolute Gasteiger partial charge is 0.271 e. The molecule has 1 aliphatic carbocycles. The molecular formula is C17H22N4O2S. The van der Waals surface area contributed by atoms with E-state index in [1.165, 1.54) is 17.7 Å². The van der Waals surface area contributed by atoms with Crippen LogP contribution in [0.1, 0.15) is 45.9 Å². The molecule has 2 aromatic heterocycles. The highest BCUT2D eigenvalue weighted by atomic mass is 32.1. The van der Waals surface area contributed by atoms with Gasteiger partial charge in [0.1, 0.15) is 5.69 Å². The fourth-order valence-corrected chi connectivity index (χ4v) is 3.98. The highest BCUT2D eigenvalue weighted by molar-refractivity contribution is 7.10. The lowest BCUT2D eigenvalue weighted by Gasteiger charge is -2.34. The number of nitrogens with zero attached hydrogens (tertiary/aromatic N) is 2. The molecular weight excluding hydrogens is 324 g/mol. The van der Waals surface area contributed by atoms with E-state index in [2.05, 4.69) is 37.9 Å². The molecule has 24 heavy (non-hydrogen) atoms. The summed E-state index contributed by atoms with van der Waals surface area (Å²) in [6, 6.07) is 6.28. The van der Waals surface area contributed by atoms with E-state index >= 15 is 0 Å². The van der Waals surface area contributed by atoms with Gasteiger partial charge in [-0.3, -0.25) is 14.8 Å². The van der Waals surface area contributed by atoms with Gasteiger partial charge in [0.25, 0.3) is 5.91 Å². The van der Waals surface area contributed by atoms with Gasteiger partial charge in [0.05, 0.1) is 19.3 Å². The number of rotatable bonds is 6. The Bertz CT molecular complexity index is 675. The van der Waals surface area contributed by atoms with Crippen LogP contribution in [0.25, 0.3) is 0 Å². The summed E-state index contributed by atoms with van der Waals surface area (Å²) >= 11 is 1.73. The highest BCUT2D eigenvalue weighted by Gasteiger charge is 2.27. The van der Waals surface area contributed by atoms with Crippen LogP contribution < -0.4 is 5.32 Å². The third-order valence-electron chi connectivity index (χ3n) is 4.66. The molecule has 7 heteroatoms. The Morgan fingerprint density at radius 2 is 2.29 bits per heavy atom. The van der Waals surface area contributed by atoms with Crippen LogP contribution in [-0.2, 0) is 4.74 Å². The summed E-state index contributed by atoms with van der Waals surface area (Å²) in [6.45, 7) is 3.88. The van der Waals surface area contributed by atoms with Crippen LogP contribution in [0.3, 0.4) is 0 Å². The van der Waals surface area contributed by atoms with E-state index in [1.807, 2.05) is 6.07 Å². The molecule has 0 aromatic carbocycles. The SMILES string of the molecule is O=C(NCC(c1cccs1)N1CCOCC1)c1cc(C2CC2)[nH]n1. The van der Waals surface area contributed by atoms with E-state index in [0.717, 1.165) is 32.0 Å². The molecule has 1 saturated carbocycles. The van der Waals surface area contributed by atoms with Crippen LogP contribution in [0.15, 0.2) is 23.6 Å². The minimum atomic E-state index is -0.104. The second-order valence-electron chi connectivity index (χ2n) is 6.37. The molecule has 1 amide bonds. The summed E-state index contributed by atoms with van der Waals surface area (Å²) < 4.78 is 5.45. The van der Waals surface area contributed by atoms with Gasteiger partial charge in [0.2, 0.25) is 0 Å². The van der Waals surface area contributed by atoms with Crippen molar-refractivity contribution in [2.75, 3.05) is 32.8 Å². The first-order chi connectivity index (χ1) is 11.8. The van der Waals surface area contributed by atoms with Crippen molar-refractivity contribution in [2.24, 2.45) is 0 Å². The van der Waals surface area contributed by atoms with Gasteiger partial charge in [0.15, 0.2) is 0 Å². The highest BCUT2D eigenvalue weighted by Crippen LogP contribution is 2.39. The number of aromatic nitrogens is 2. The minimum absolute atomic E-state index is 0.104. The maximum atomic E-state index is 12.4. The summed E-state index contributed by atoms with van der Waals surface area (Å²) in [6.07, 6.45) is 2.39. The largest absolute Gasteiger partial charge is 0.379 e. The van der Waals surface area contributed by atoms with E-state index in [9.17, 15) is 4.79 Å². The molecule has 2 fully saturated rings. The van der Waals surface area contributed by atoms with Crippen molar-refractivity contribution in [3.8, 4) is 0 Å². The first-order valence-corrected chi connectivity index (χ1v) is 9.38. The number of carbonyl (C=O) groups is 1. The van der Waals surface area contributed by atoms with Crippen molar-refractivity contribution < 1.29 is 9.53 Å².